The number of carbonyl (C=O) groups is 2. The maximum atomic E-state index is 13.9. The summed E-state index contributed by atoms with van der Waals surface area (Å²) in [7, 11) is 0. The number of allylic oxidation sites excluding steroid dienone is 1. The molecule has 8 heteroatoms. The van der Waals surface area contributed by atoms with Crippen LogP contribution < -0.4 is 10.2 Å². The average molecular weight is 511 g/mol. The lowest BCUT2D eigenvalue weighted by molar-refractivity contribution is -0.170. The molecule has 1 N–H and O–H groups in total. The quantitative estimate of drug-likeness (QED) is 0.399. The molecule has 0 aromatic heterocycles. The van der Waals surface area contributed by atoms with Crippen LogP contribution in [0.4, 0.5) is 24.5 Å². The van der Waals surface area contributed by atoms with Gasteiger partial charge in [0.2, 0.25) is 0 Å². The normalized spacial score (nSPS) is 19.8. The molecule has 0 saturated carbocycles. The first-order valence-electron chi connectivity index (χ1n) is 11.5. The minimum atomic E-state index is -5.17. The van der Waals surface area contributed by atoms with Gasteiger partial charge in [0, 0.05) is 22.7 Å². The molecule has 1 amide bonds. The molecule has 5 rings (SSSR count). The summed E-state index contributed by atoms with van der Waals surface area (Å²) in [4.78, 5) is 27.3. The summed E-state index contributed by atoms with van der Waals surface area (Å²) < 4.78 is 41.8. The highest BCUT2D eigenvalue weighted by Gasteiger charge is 2.50. The van der Waals surface area contributed by atoms with Crippen molar-refractivity contribution in [3.05, 3.63) is 106 Å². The number of halogens is 4. The Bertz CT molecular complexity index is 1380. The summed E-state index contributed by atoms with van der Waals surface area (Å²) in [5.74, 6) is -2.55. The molecular weight excluding hydrogens is 489 g/mol. The summed E-state index contributed by atoms with van der Waals surface area (Å²) in [5.41, 5.74) is 3.27. The number of para-hydroxylation sites is 2. The first-order valence-corrected chi connectivity index (χ1v) is 11.9. The van der Waals surface area contributed by atoms with Crippen molar-refractivity contribution in [1.29, 1.82) is 0 Å². The first kappa shape index (κ1) is 24.1. The van der Waals surface area contributed by atoms with Crippen LogP contribution in [-0.4, -0.2) is 17.9 Å². The second-order valence-electron chi connectivity index (χ2n) is 9.07. The predicted octanol–water partition coefficient (Wildman–Crippen LogP) is 7.11. The van der Waals surface area contributed by atoms with Gasteiger partial charge in [-0.1, -0.05) is 71.8 Å². The molecule has 2 aliphatic rings. The molecule has 0 radical (unpaired) electrons. The Labute approximate surface area is 211 Å². The van der Waals surface area contributed by atoms with Gasteiger partial charge in [-0.15, -0.1) is 0 Å². The Kier molecular flexibility index (Phi) is 6.12. The monoisotopic (exact) mass is 510 g/mol. The molecule has 1 aliphatic heterocycles. The molecular formula is C28H22ClF3N2O2. The van der Waals surface area contributed by atoms with E-state index in [1.165, 1.54) is 6.07 Å². The second kappa shape index (κ2) is 9.13. The standard InChI is InChI=1S/C28H22ClF3N2O2/c1-16-10-12-17(13-11-16)18-14-22-25(24(35)15-18)26(19-6-2-3-7-20(19)29)34(27(36)28(30,31)32)23-9-5-4-8-21(23)33-22/h2-13,18,26,33H,14-15H2,1H3. The number of benzene rings is 3. The molecule has 2 atom stereocenters. The third-order valence-corrected chi connectivity index (χ3v) is 7.04. The van der Waals surface area contributed by atoms with E-state index >= 15 is 0 Å². The summed E-state index contributed by atoms with van der Waals surface area (Å²) in [6, 6.07) is 19.2. The van der Waals surface area contributed by atoms with Crippen molar-refractivity contribution < 1.29 is 22.8 Å². The molecule has 0 fully saturated rings. The van der Waals surface area contributed by atoms with Crippen LogP contribution in [0.15, 0.2) is 84.1 Å². The number of rotatable bonds is 2. The summed E-state index contributed by atoms with van der Waals surface area (Å²) in [6.45, 7) is 1.97. The fraction of sp³-hybridized carbons (Fsp3) is 0.214. The van der Waals surface area contributed by atoms with Gasteiger partial charge in [0.25, 0.3) is 0 Å². The minimum absolute atomic E-state index is 0.0267. The number of hydrogen-bond donors (Lipinski definition) is 1. The van der Waals surface area contributed by atoms with Crippen molar-refractivity contribution in [3.8, 4) is 0 Å². The van der Waals surface area contributed by atoms with Gasteiger partial charge < -0.3 is 5.32 Å². The minimum Gasteiger partial charge on any atom is -0.357 e. The van der Waals surface area contributed by atoms with E-state index in [9.17, 15) is 22.8 Å². The van der Waals surface area contributed by atoms with E-state index in [4.69, 9.17) is 11.6 Å². The summed E-state index contributed by atoms with van der Waals surface area (Å²) in [5, 5.41) is 3.38. The number of ketones is 1. The molecule has 184 valence electrons. The van der Waals surface area contributed by atoms with Crippen LogP contribution in [0.2, 0.25) is 5.02 Å². The van der Waals surface area contributed by atoms with E-state index in [2.05, 4.69) is 5.32 Å². The van der Waals surface area contributed by atoms with E-state index in [1.807, 2.05) is 31.2 Å². The Morgan fingerprint density at radius 3 is 2.33 bits per heavy atom. The van der Waals surface area contributed by atoms with Gasteiger partial charge in [0.15, 0.2) is 5.78 Å². The van der Waals surface area contributed by atoms with Gasteiger partial charge in [0.05, 0.1) is 17.4 Å². The van der Waals surface area contributed by atoms with Crippen molar-refractivity contribution in [2.45, 2.75) is 37.9 Å². The number of hydrogen-bond acceptors (Lipinski definition) is 3. The molecule has 4 nitrogen and oxygen atoms in total. The number of alkyl halides is 3. The molecule has 0 saturated heterocycles. The number of Topliss-reactive ketones (excluding diaryl/α,β-unsaturated/α-hetero) is 1. The zero-order valence-corrected chi connectivity index (χ0v) is 20.0. The van der Waals surface area contributed by atoms with Crippen LogP contribution in [0.1, 0.15) is 41.5 Å². The molecule has 3 aromatic carbocycles. The Morgan fingerprint density at radius 2 is 1.64 bits per heavy atom. The number of nitrogens with zero attached hydrogens (tertiary/aromatic N) is 1. The fourth-order valence-corrected chi connectivity index (χ4v) is 5.25. The van der Waals surface area contributed by atoms with Crippen LogP contribution in [0.25, 0.3) is 0 Å². The zero-order valence-electron chi connectivity index (χ0n) is 19.3. The highest BCUT2D eigenvalue weighted by Crippen LogP contribution is 2.49. The van der Waals surface area contributed by atoms with E-state index in [-0.39, 0.29) is 40.0 Å². The third-order valence-electron chi connectivity index (χ3n) is 6.70. The first-order chi connectivity index (χ1) is 17.1. The molecule has 1 heterocycles. The summed E-state index contributed by atoms with van der Waals surface area (Å²) in [6.07, 6.45) is -4.66. The van der Waals surface area contributed by atoms with Crippen molar-refractivity contribution in [1.82, 2.24) is 0 Å². The molecule has 1 aliphatic carbocycles. The van der Waals surface area contributed by atoms with Crippen molar-refractivity contribution in [2.75, 3.05) is 10.2 Å². The Morgan fingerprint density at radius 1 is 0.972 bits per heavy atom. The molecule has 2 unspecified atom stereocenters. The Hall–Kier alpha value is -3.58. The van der Waals surface area contributed by atoms with Crippen LogP contribution in [0.3, 0.4) is 0 Å². The number of anilines is 2. The zero-order chi connectivity index (χ0) is 25.6. The van der Waals surface area contributed by atoms with Gasteiger partial charge in [-0.05, 0) is 48.6 Å². The SMILES string of the molecule is Cc1ccc(C2CC(=O)C3=C(C2)Nc2ccccc2N(C(=O)C(F)(F)F)C3c2ccccc2Cl)cc1. The van der Waals surface area contributed by atoms with E-state index in [1.54, 1.807) is 42.5 Å². The van der Waals surface area contributed by atoms with Gasteiger partial charge in [0.1, 0.15) is 0 Å². The largest absolute Gasteiger partial charge is 0.471 e. The summed E-state index contributed by atoms with van der Waals surface area (Å²) >= 11 is 6.47. The smallest absolute Gasteiger partial charge is 0.357 e. The van der Waals surface area contributed by atoms with Crippen LogP contribution >= 0.6 is 11.6 Å². The molecule has 0 spiro atoms. The van der Waals surface area contributed by atoms with E-state index < -0.39 is 18.1 Å². The maximum Gasteiger partial charge on any atom is 0.471 e. The van der Waals surface area contributed by atoms with Crippen molar-refractivity contribution >= 4 is 34.7 Å². The van der Waals surface area contributed by atoms with Crippen LogP contribution in [0, 0.1) is 6.92 Å². The lowest BCUT2D eigenvalue weighted by Gasteiger charge is -2.35. The number of nitrogens with one attached hydrogen (secondary N) is 1. The predicted molar refractivity (Wildman–Crippen MR) is 133 cm³/mol. The van der Waals surface area contributed by atoms with Gasteiger partial charge >= 0.3 is 12.1 Å². The van der Waals surface area contributed by atoms with E-state index in [0.717, 1.165) is 11.1 Å². The Balaban J connectivity index is 1.74. The third kappa shape index (κ3) is 4.28. The van der Waals surface area contributed by atoms with Gasteiger partial charge in [-0.2, -0.15) is 13.2 Å². The fourth-order valence-electron chi connectivity index (χ4n) is 5.02. The van der Waals surface area contributed by atoms with Crippen LogP contribution in [-0.2, 0) is 9.59 Å². The lowest BCUT2D eigenvalue weighted by atomic mass is 9.78. The highest BCUT2D eigenvalue weighted by molar-refractivity contribution is 6.31. The van der Waals surface area contributed by atoms with Crippen LogP contribution in [0.5, 0.6) is 0 Å². The number of fused-ring (bicyclic) bond motifs is 1. The maximum absolute atomic E-state index is 13.9. The molecule has 0 bridgehead atoms. The topological polar surface area (TPSA) is 49.4 Å². The number of aryl methyl sites for hydroxylation is 1. The van der Waals surface area contributed by atoms with Crippen molar-refractivity contribution in [3.63, 3.8) is 0 Å². The number of carbonyl (C=O) groups excluding carboxylic acids is 2. The average Bonchev–Trinajstić information content (AvgIpc) is 2.98. The molecule has 3 aromatic rings. The van der Waals surface area contributed by atoms with Gasteiger partial charge in [-0.25, -0.2) is 0 Å². The second-order valence-corrected chi connectivity index (χ2v) is 9.48. The lowest BCUT2D eigenvalue weighted by Crippen LogP contribution is -2.45. The molecule has 36 heavy (non-hydrogen) atoms. The highest BCUT2D eigenvalue weighted by atomic mass is 35.5. The van der Waals surface area contributed by atoms with Gasteiger partial charge in [-0.3, -0.25) is 14.5 Å². The van der Waals surface area contributed by atoms with Crippen molar-refractivity contribution in [2.24, 2.45) is 0 Å². The van der Waals surface area contributed by atoms with E-state index in [0.29, 0.717) is 22.7 Å². The number of amides is 1.